The van der Waals surface area contributed by atoms with E-state index in [1.54, 1.807) is 28.0 Å². The predicted octanol–water partition coefficient (Wildman–Crippen LogP) is 3.90. The SMILES string of the molecule is CC(C)(C)OC(=O)N1CCN(C(=O)c2cccc(NC(=O)C3CCCCC3)c2)CC1. The van der Waals surface area contributed by atoms with Crippen LogP contribution in [0.3, 0.4) is 0 Å². The molecule has 3 amide bonds. The maximum atomic E-state index is 12.9. The van der Waals surface area contributed by atoms with Gasteiger partial charge in [-0.2, -0.15) is 0 Å². The van der Waals surface area contributed by atoms with Gasteiger partial charge in [-0.3, -0.25) is 9.59 Å². The first-order chi connectivity index (χ1) is 14.2. The Balaban J connectivity index is 1.55. The van der Waals surface area contributed by atoms with E-state index in [1.807, 2.05) is 26.8 Å². The quantitative estimate of drug-likeness (QED) is 0.812. The minimum absolute atomic E-state index is 0.0466. The molecule has 0 aromatic heterocycles. The number of piperazine rings is 1. The van der Waals surface area contributed by atoms with Gasteiger partial charge in [-0.15, -0.1) is 0 Å². The number of nitrogens with one attached hydrogen (secondary N) is 1. The zero-order valence-electron chi connectivity index (χ0n) is 18.3. The third kappa shape index (κ3) is 5.97. The molecule has 1 saturated heterocycles. The number of benzene rings is 1. The van der Waals surface area contributed by atoms with Crippen LogP contribution in [0.2, 0.25) is 0 Å². The number of amides is 3. The molecule has 7 heteroatoms. The number of rotatable bonds is 3. The molecule has 164 valence electrons. The van der Waals surface area contributed by atoms with Gasteiger partial charge in [0.25, 0.3) is 5.91 Å². The number of nitrogens with zero attached hydrogens (tertiary/aromatic N) is 2. The Morgan fingerprint density at radius 1 is 0.967 bits per heavy atom. The lowest BCUT2D eigenvalue weighted by Gasteiger charge is -2.35. The van der Waals surface area contributed by atoms with Crippen molar-refractivity contribution in [3.63, 3.8) is 0 Å². The van der Waals surface area contributed by atoms with Gasteiger partial charge >= 0.3 is 6.09 Å². The van der Waals surface area contributed by atoms with Crippen LogP contribution in [0.15, 0.2) is 24.3 Å². The molecular formula is C23H33N3O4. The summed E-state index contributed by atoms with van der Waals surface area (Å²) in [6.45, 7) is 7.31. The summed E-state index contributed by atoms with van der Waals surface area (Å²) in [4.78, 5) is 41.0. The molecule has 3 rings (SSSR count). The Labute approximate surface area is 178 Å². The first kappa shape index (κ1) is 22.1. The molecule has 30 heavy (non-hydrogen) atoms. The molecule has 1 saturated carbocycles. The van der Waals surface area contributed by atoms with Gasteiger partial charge in [0.1, 0.15) is 5.60 Å². The number of hydrogen-bond acceptors (Lipinski definition) is 4. The second-order valence-corrected chi connectivity index (χ2v) is 9.16. The smallest absolute Gasteiger partial charge is 0.410 e. The van der Waals surface area contributed by atoms with Gasteiger partial charge < -0.3 is 19.9 Å². The van der Waals surface area contributed by atoms with Crippen LogP contribution in [0.4, 0.5) is 10.5 Å². The van der Waals surface area contributed by atoms with E-state index < -0.39 is 5.60 Å². The zero-order chi connectivity index (χ0) is 21.7. The van der Waals surface area contributed by atoms with Crippen molar-refractivity contribution in [1.82, 2.24) is 9.80 Å². The normalized spacial score (nSPS) is 18.1. The van der Waals surface area contributed by atoms with Crippen LogP contribution in [0.5, 0.6) is 0 Å². The van der Waals surface area contributed by atoms with Gasteiger partial charge in [0.05, 0.1) is 0 Å². The highest BCUT2D eigenvalue weighted by Crippen LogP contribution is 2.25. The third-order valence-corrected chi connectivity index (χ3v) is 5.57. The standard InChI is InChI=1S/C23H33N3O4/c1-23(2,3)30-22(29)26-14-12-25(13-15-26)21(28)18-10-7-11-19(16-18)24-20(27)17-8-5-4-6-9-17/h7,10-11,16-17H,4-6,8-9,12-15H2,1-3H3,(H,24,27). The summed E-state index contributed by atoms with van der Waals surface area (Å²) in [6, 6.07) is 7.11. The summed E-state index contributed by atoms with van der Waals surface area (Å²) in [6.07, 6.45) is 4.94. The molecule has 0 radical (unpaired) electrons. The van der Waals surface area contributed by atoms with Gasteiger partial charge in [-0.25, -0.2) is 4.79 Å². The molecule has 1 aliphatic heterocycles. The van der Waals surface area contributed by atoms with Crippen molar-refractivity contribution >= 4 is 23.6 Å². The lowest BCUT2D eigenvalue weighted by Crippen LogP contribution is -2.51. The van der Waals surface area contributed by atoms with Gasteiger partial charge in [0.2, 0.25) is 5.91 Å². The highest BCUT2D eigenvalue weighted by molar-refractivity contribution is 5.97. The van der Waals surface area contributed by atoms with Gasteiger partial charge in [-0.1, -0.05) is 25.3 Å². The number of anilines is 1. The summed E-state index contributed by atoms with van der Waals surface area (Å²) in [5.74, 6) is 0.0249. The van der Waals surface area contributed by atoms with Crippen LogP contribution in [0.25, 0.3) is 0 Å². The van der Waals surface area contributed by atoms with Crippen molar-refractivity contribution in [3.05, 3.63) is 29.8 Å². The minimum Gasteiger partial charge on any atom is -0.444 e. The number of carbonyl (C=O) groups excluding carboxylic acids is 3. The topological polar surface area (TPSA) is 79.0 Å². The second-order valence-electron chi connectivity index (χ2n) is 9.16. The molecule has 1 heterocycles. The van der Waals surface area contributed by atoms with Crippen molar-refractivity contribution in [2.45, 2.75) is 58.5 Å². The van der Waals surface area contributed by atoms with E-state index in [0.29, 0.717) is 37.4 Å². The number of carbonyl (C=O) groups is 3. The molecule has 7 nitrogen and oxygen atoms in total. The van der Waals surface area contributed by atoms with Crippen LogP contribution in [0.1, 0.15) is 63.2 Å². The summed E-state index contributed by atoms with van der Waals surface area (Å²) in [5, 5.41) is 2.97. The van der Waals surface area contributed by atoms with Crippen LogP contribution in [0, 0.1) is 5.92 Å². The molecule has 1 aromatic rings. The lowest BCUT2D eigenvalue weighted by molar-refractivity contribution is -0.120. The maximum Gasteiger partial charge on any atom is 0.410 e. The largest absolute Gasteiger partial charge is 0.444 e. The van der Waals surface area contributed by atoms with E-state index >= 15 is 0 Å². The third-order valence-electron chi connectivity index (χ3n) is 5.57. The Morgan fingerprint density at radius 3 is 2.23 bits per heavy atom. The molecule has 1 aromatic carbocycles. The van der Waals surface area contributed by atoms with Crippen LogP contribution < -0.4 is 5.32 Å². The molecule has 0 atom stereocenters. The predicted molar refractivity (Wildman–Crippen MR) is 115 cm³/mol. The van der Waals surface area contributed by atoms with Crippen molar-refractivity contribution in [1.29, 1.82) is 0 Å². The van der Waals surface area contributed by atoms with Gasteiger partial charge in [-0.05, 0) is 51.8 Å². The number of ether oxygens (including phenoxy) is 1. The lowest BCUT2D eigenvalue weighted by atomic mass is 9.88. The molecule has 0 spiro atoms. The average molecular weight is 416 g/mol. The van der Waals surface area contributed by atoms with E-state index in [0.717, 1.165) is 25.7 Å². The fraction of sp³-hybridized carbons (Fsp3) is 0.609. The fourth-order valence-corrected chi connectivity index (χ4v) is 3.94. The van der Waals surface area contributed by atoms with Gasteiger partial charge in [0.15, 0.2) is 0 Å². The fourth-order valence-electron chi connectivity index (χ4n) is 3.94. The van der Waals surface area contributed by atoms with E-state index in [1.165, 1.54) is 6.42 Å². The Hall–Kier alpha value is -2.57. The van der Waals surface area contributed by atoms with Crippen molar-refractivity contribution in [2.75, 3.05) is 31.5 Å². The van der Waals surface area contributed by atoms with Crippen molar-refractivity contribution in [3.8, 4) is 0 Å². The Kier molecular flexibility index (Phi) is 7.00. The molecule has 0 bridgehead atoms. The molecule has 2 fully saturated rings. The molecule has 0 unspecified atom stereocenters. The van der Waals surface area contributed by atoms with E-state index in [9.17, 15) is 14.4 Å². The first-order valence-electron chi connectivity index (χ1n) is 10.9. The molecule has 1 N–H and O–H groups in total. The van der Waals surface area contributed by atoms with E-state index in [-0.39, 0.29) is 23.8 Å². The highest BCUT2D eigenvalue weighted by atomic mass is 16.6. The zero-order valence-corrected chi connectivity index (χ0v) is 18.3. The Morgan fingerprint density at radius 2 is 1.60 bits per heavy atom. The Bertz CT molecular complexity index is 773. The van der Waals surface area contributed by atoms with Gasteiger partial charge in [0, 0.05) is 43.3 Å². The van der Waals surface area contributed by atoms with Crippen LogP contribution in [-0.4, -0.2) is 59.5 Å². The maximum absolute atomic E-state index is 12.9. The average Bonchev–Trinajstić information content (AvgIpc) is 2.73. The van der Waals surface area contributed by atoms with E-state index in [2.05, 4.69) is 5.32 Å². The molecule has 1 aliphatic carbocycles. The van der Waals surface area contributed by atoms with Crippen molar-refractivity contribution in [2.24, 2.45) is 5.92 Å². The summed E-state index contributed by atoms with van der Waals surface area (Å²) in [5.41, 5.74) is 0.665. The molecular weight excluding hydrogens is 382 g/mol. The first-order valence-corrected chi connectivity index (χ1v) is 10.9. The van der Waals surface area contributed by atoms with Crippen molar-refractivity contribution < 1.29 is 19.1 Å². The summed E-state index contributed by atoms with van der Waals surface area (Å²) < 4.78 is 5.40. The second kappa shape index (κ2) is 9.49. The molecule has 2 aliphatic rings. The number of hydrogen-bond donors (Lipinski definition) is 1. The van der Waals surface area contributed by atoms with Crippen LogP contribution >= 0.6 is 0 Å². The summed E-state index contributed by atoms with van der Waals surface area (Å²) in [7, 11) is 0. The highest BCUT2D eigenvalue weighted by Gasteiger charge is 2.28. The monoisotopic (exact) mass is 415 g/mol. The summed E-state index contributed by atoms with van der Waals surface area (Å²) >= 11 is 0. The minimum atomic E-state index is -0.535. The van der Waals surface area contributed by atoms with Crippen LogP contribution in [-0.2, 0) is 9.53 Å². The van der Waals surface area contributed by atoms with E-state index in [4.69, 9.17) is 4.74 Å².